The highest BCUT2D eigenvalue weighted by molar-refractivity contribution is 7.92. The van der Waals surface area contributed by atoms with Crippen LogP contribution in [-0.4, -0.2) is 26.9 Å². The Kier molecular flexibility index (Phi) is 5.53. The molecule has 0 bridgehead atoms. The molecule has 0 aromatic heterocycles. The zero-order valence-corrected chi connectivity index (χ0v) is 16.3. The predicted molar refractivity (Wildman–Crippen MR) is 106 cm³/mol. The van der Waals surface area contributed by atoms with Gasteiger partial charge in [-0.15, -0.1) is 0 Å². The Labute approximate surface area is 160 Å². The van der Waals surface area contributed by atoms with Crippen LogP contribution in [0, 0.1) is 19.8 Å². The second-order valence-corrected chi connectivity index (χ2v) is 8.82. The number of nitrogens with two attached hydrogens (primary N) is 1. The van der Waals surface area contributed by atoms with Crippen molar-refractivity contribution in [1.82, 2.24) is 5.32 Å². The lowest BCUT2D eigenvalue weighted by atomic mass is 10.1. The van der Waals surface area contributed by atoms with Crippen molar-refractivity contribution < 1.29 is 13.2 Å². The minimum Gasteiger partial charge on any atom is -0.350 e. The van der Waals surface area contributed by atoms with E-state index in [0.29, 0.717) is 29.3 Å². The van der Waals surface area contributed by atoms with Crippen LogP contribution < -0.4 is 15.8 Å². The number of anilines is 1. The first kappa shape index (κ1) is 19.4. The first-order valence-electron chi connectivity index (χ1n) is 9.00. The van der Waals surface area contributed by atoms with E-state index in [1.807, 2.05) is 13.0 Å². The number of hydrogen-bond acceptors (Lipinski definition) is 4. The lowest BCUT2D eigenvalue weighted by Crippen LogP contribution is -2.38. The summed E-state index contributed by atoms with van der Waals surface area (Å²) in [7, 11) is -3.81. The Morgan fingerprint density at radius 1 is 1.19 bits per heavy atom. The molecule has 3 rings (SSSR count). The molecule has 1 saturated carbocycles. The van der Waals surface area contributed by atoms with Gasteiger partial charge in [0.1, 0.15) is 0 Å². The second-order valence-electron chi connectivity index (χ2n) is 7.17. The minimum absolute atomic E-state index is 0.0504. The zero-order chi connectivity index (χ0) is 19.6. The van der Waals surface area contributed by atoms with Crippen LogP contribution in [-0.2, 0) is 10.0 Å². The summed E-state index contributed by atoms with van der Waals surface area (Å²) in [6.07, 6.45) is 2.21. The summed E-state index contributed by atoms with van der Waals surface area (Å²) in [4.78, 5) is 12.5. The van der Waals surface area contributed by atoms with Crippen LogP contribution in [0.3, 0.4) is 0 Å². The van der Waals surface area contributed by atoms with E-state index >= 15 is 0 Å². The molecule has 6 nitrogen and oxygen atoms in total. The topological polar surface area (TPSA) is 101 Å². The van der Waals surface area contributed by atoms with Gasteiger partial charge in [-0.1, -0.05) is 18.2 Å². The molecule has 1 amide bonds. The van der Waals surface area contributed by atoms with Gasteiger partial charge in [0, 0.05) is 23.8 Å². The summed E-state index contributed by atoms with van der Waals surface area (Å²) in [6.45, 7) is 3.98. The summed E-state index contributed by atoms with van der Waals surface area (Å²) in [5, 5.41) is 2.80. The van der Waals surface area contributed by atoms with Crippen LogP contribution in [0.4, 0.5) is 5.69 Å². The van der Waals surface area contributed by atoms with Crippen molar-refractivity contribution in [2.45, 2.75) is 37.6 Å². The summed E-state index contributed by atoms with van der Waals surface area (Å²) in [5.41, 5.74) is 8.31. The van der Waals surface area contributed by atoms with E-state index in [4.69, 9.17) is 5.73 Å². The molecule has 1 atom stereocenters. The van der Waals surface area contributed by atoms with Gasteiger partial charge in [-0.2, -0.15) is 0 Å². The van der Waals surface area contributed by atoms with Crippen molar-refractivity contribution in [2.24, 2.45) is 11.7 Å². The number of sulfonamides is 1. The number of carbonyl (C=O) groups is 1. The van der Waals surface area contributed by atoms with Crippen LogP contribution in [0.15, 0.2) is 47.4 Å². The summed E-state index contributed by atoms with van der Waals surface area (Å²) in [5.74, 6) is 0.163. The predicted octanol–water partition coefficient (Wildman–Crippen LogP) is 2.57. The zero-order valence-electron chi connectivity index (χ0n) is 15.5. The van der Waals surface area contributed by atoms with Gasteiger partial charge in [0.05, 0.1) is 4.90 Å². The monoisotopic (exact) mass is 387 g/mol. The van der Waals surface area contributed by atoms with E-state index in [-0.39, 0.29) is 16.8 Å². The standard InChI is InChI=1S/C20H25N3O3S/c1-13-4-3-5-17(10-13)23-27(25,26)19-11-16(7-6-14(19)2)20(24)22-12-18(21)15-8-9-15/h3-7,10-11,15,18,23H,8-9,12,21H2,1-2H3,(H,22,24). The van der Waals surface area contributed by atoms with Gasteiger partial charge in [-0.25, -0.2) is 8.42 Å². The number of nitrogens with one attached hydrogen (secondary N) is 2. The van der Waals surface area contributed by atoms with E-state index < -0.39 is 10.0 Å². The highest BCUT2D eigenvalue weighted by Crippen LogP contribution is 2.31. The quantitative estimate of drug-likeness (QED) is 0.679. The number of hydrogen-bond donors (Lipinski definition) is 3. The van der Waals surface area contributed by atoms with Gasteiger partial charge >= 0.3 is 0 Å². The molecule has 1 fully saturated rings. The van der Waals surface area contributed by atoms with Gasteiger partial charge in [-0.05, 0) is 68.0 Å². The molecular weight excluding hydrogens is 362 g/mol. The molecule has 0 spiro atoms. The highest BCUT2D eigenvalue weighted by Gasteiger charge is 2.28. The molecule has 2 aromatic carbocycles. The van der Waals surface area contributed by atoms with E-state index in [9.17, 15) is 13.2 Å². The van der Waals surface area contributed by atoms with Crippen LogP contribution in [0.1, 0.15) is 34.3 Å². The van der Waals surface area contributed by atoms with E-state index in [2.05, 4.69) is 10.0 Å². The molecule has 1 aliphatic carbocycles. The molecule has 0 saturated heterocycles. The third-order valence-electron chi connectivity index (χ3n) is 4.74. The van der Waals surface area contributed by atoms with Gasteiger partial charge in [0.15, 0.2) is 0 Å². The SMILES string of the molecule is Cc1cccc(NS(=O)(=O)c2cc(C(=O)NCC(N)C3CC3)ccc2C)c1. The second kappa shape index (κ2) is 7.70. The Balaban J connectivity index is 1.78. The van der Waals surface area contributed by atoms with Crippen molar-refractivity contribution >= 4 is 21.6 Å². The molecule has 0 radical (unpaired) electrons. The van der Waals surface area contributed by atoms with Crippen LogP contribution >= 0.6 is 0 Å². The lowest BCUT2D eigenvalue weighted by Gasteiger charge is -2.14. The smallest absolute Gasteiger partial charge is 0.262 e. The van der Waals surface area contributed by atoms with Crippen molar-refractivity contribution in [1.29, 1.82) is 0 Å². The van der Waals surface area contributed by atoms with E-state index in [0.717, 1.165) is 18.4 Å². The first-order chi connectivity index (χ1) is 12.8. The number of amides is 1. The van der Waals surface area contributed by atoms with Gasteiger partial charge in [0.2, 0.25) is 0 Å². The maximum atomic E-state index is 12.8. The normalized spacial score (nSPS) is 15.2. The number of carbonyl (C=O) groups excluding carboxylic acids is 1. The summed E-state index contributed by atoms with van der Waals surface area (Å²) in [6, 6.07) is 11.7. The number of benzene rings is 2. The van der Waals surface area contributed by atoms with Crippen molar-refractivity contribution in [3.8, 4) is 0 Å². The molecular formula is C20H25N3O3S. The van der Waals surface area contributed by atoms with Crippen molar-refractivity contribution in [2.75, 3.05) is 11.3 Å². The molecule has 144 valence electrons. The number of aryl methyl sites for hydroxylation is 2. The molecule has 2 aromatic rings. The molecule has 0 heterocycles. The fraction of sp³-hybridized carbons (Fsp3) is 0.350. The van der Waals surface area contributed by atoms with Crippen molar-refractivity contribution in [3.05, 3.63) is 59.2 Å². The summed E-state index contributed by atoms with van der Waals surface area (Å²) >= 11 is 0. The lowest BCUT2D eigenvalue weighted by molar-refractivity contribution is 0.0950. The number of rotatable bonds is 7. The van der Waals surface area contributed by atoms with E-state index in [1.165, 1.54) is 6.07 Å². The van der Waals surface area contributed by atoms with Crippen LogP contribution in [0.2, 0.25) is 0 Å². The van der Waals surface area contributed by atoms with Gasteiger partial charge in [0.25, 0.3) is 15.9 Å². The third kappa shape index (κ3) is 4.87. The Morgan fingerprint density at radius 3 is 2.59 bits per heavy atom. The fourth-order valence-electron chi connectivity index (χ4n) is 2.95. The Hall–Kier alpha value is -2.38. The minimum atomic E-state index is -3.81. The maximum Gasteiger partial charge on any atom is 0.262 e. The molecule has 27 heavy (non-hydrogen) atoms. The van der Waals surface area contributed by atoms with E-state index in [1.54, 1.807) is 37.3 Å². The maximum absolute atomic E-state index is 12.8. The van der Waals surface area contributed by atoms with Gasteiger partial charge in [-0.3, -0.25) is 9.52 Å². The molecule has 0 aliphatic heterocycles. The van der Waals surface area contributed by atoms with Crippen molar-refractivity contribution in [3.63, 3.8) is 0 Å². The molecule has 7 heteroatoms. The third-order valence-corrected chi connectivity index (χ3v) is 6.26. The largest absolute Gasteiger partial charge is 0.350 e. The van der Waals surface area contributed by atoms with Crippen LogP contribution in [0.25, 0.3) is 0 Å². The first-order valence-corrected chi connectivity index (χ1v) is 10.5. The molecule has 4 N–H and O–H groups in total. The highest BCUT2D eigenvalue weighted by atomic mass is 32.2. The van der Waals surface area contributed by atoms with Crippen LogP contribution in [0.5, 0.6) is 0 Å². The summed E-state index contributed by atoms with van der Waals surface area (Å²) < 4.78 is 28.2. The average molecular weight is 388 g/mol. The fourth-order valence-corrected chi connectivity index (χ4v) is 4.27. The Bertz CT molecular complexity index is 953. The molecule has 1 unspecified atom stereocenters. The van der Waals surface area contributed by atoms with Gasteiger partial charge < -0.3 is 11.1 Å². The Morgan fingerprint density at radius 2 is 1.93 bits per heavy atom. The molecule has 1 aliphatic rings. The average Bonchev–Trinajstić information content (AvgIpc) is 3.44.